The second kappa shape index (κ2) is 8.00. The molecule has 1 N–H and O–H groups in total. The number of aromatic carboxylic acids is 1. The summed E-state index contributed by atoms with van der Waals surface area (Å²) in [5.74, 6) is -0.852. The lowest BCUT2D eigenvalue weighted by atomic mass is 10.2. The maximum Gasteiger partial charge on any atom is 0.355 e. The van der Waals surface area contributed by atoms with Gasteiger partial charge in [-0.1, -0.05) is 30.3 Å². The van der Waals surface area contributed by atoms with Crippen LogP contribution in [0.25, 0.3) is 11.0 Å². The number of aryl methyl sites for hydroxylation is 1. The van der Waals surface area contributed by atoms with E-state index in [4.69, 9.17) is 0 Å². The summed E-state index contributed by atoms with van der Waals surface area (Å²) in [7, 11) is 0. The number of rotatable bonds is 5. The zero-order valence-electron chi connectivity index (χ0n) is 16.3. The highest BCUT2D eigenvalue weighted by Crippen LogP contribution is 2.19. The van der Waals surface area contributed by atoms with E-state index >= 15 is 0 Å². The summed E-state index contributed by atoms with van der Waals surface area (Å²) in [4.78, 5) is 37.3. The van der Waals surface area contributed by atoms with Crippen LogP contribution in [0.15, 0.2) is 47.4 Å². The van der Waals surface area contributed by atoms with Crippen molar-refractivity contribution in [2.45, 2.75) is 20.0 Å². The Labute approximate surface area is 168 Å². The molecule has 0 atom stereocenters. The SMILES string of the molecule is CCn1ccc(=O)c2c(C(=O)O)nc(N3CCN(Cc4ccccc4)CC3)nc21. The van der Waals surface area contributed by atoms with Gasteiger partial charge in [0, 0.05) is 51.5 Å². The van der Waals surface area contributed by atoms with E-state index < -0.39 is 5.97 Å². The Morgan fingerprint density at radius 1 is 1.07 bits per heavy atom. The quantitative estimate of drug-likeness (QED) is 0.707. The number of pyridine rings is 1. The van der Waals surface area contributed by atoms with Crippen molar-refractivity contribution in [1.29, 1.82) is 0 Å². The van der Waals surface area contributed by atoms with E-state index in [1.54, 1.807) is 10.8 Å². The number of benzene rings is 1. The highest BCUT2D eigenvalue weighted by Gasteiger charge is 2.24. The second-order valence-corrected chi connectivity index (χ2v) is 7.09. The molecule has 4 rings (SSSR count). The highest BCUT2D eigenvalue weighted by atomic mass is 16.4. The second-order valence-electron chi connectivity index (χ2n) is 7.09. The van der Waals surface area contributed by atoms with E-state index in [0.29, 0.717) is 31.2 Å². The van der Waals surface area contributed by atoms with Crippen molar-refractivity contribution >= 4 is 23.0 Å². The maximum absolute atomic E-state index is 12.3. The van der Waals surface area contributed by atoms with Crippen molar-refractivity contribution in [2.75, 3.05) is 31.1 Å². The number of hydrogen-bond acceptors (Lipinski definition) is 6. The van der Waals surface area contributed by atoms with Crippen LogP contribution in [0.1, 0.15) is 23.0 Å². The van der Waals surface area contributed by atoms with Gasteiger partial charge in [-0.05, 0) is 12.5 Å². The van der Waals surface area contributed by atoms with Gasteiger partial charge < -0.3 is 14.6 Å². The van der Waals surface area contributed by atoms with E-state index in [1.165, 1.54) is 11.6 Å². The Hall–Kier alpha value is -3.26. The van der Waals surface area contributed by atoms with Crippen molar-refractivity contribution in [3.8, 4) is 0 Å². The standard InChI is InChI=1S/C21H23N5O3/c1-2-25-9-8-16(27)17-18(20(28)29)22-21(23-19(17)25)26-12-10-24(11-13-26)14-15-6-4-3-5-7-15/h3-9H,2,10-14H2,1H3,(H,28,29). The van der Waals surface area contributed by atoms with Crippen LogP contribution in [0, 0.1) is 0 Å². The van der Waals surface area contributed by atoms with Crippen molar-refractivity contribution in [3.05, 3.63) is 64.1 Å². The highest BCUT2D eigenvalue weighted by molar-refractivity contribution is 6.00. The zero-order chi connectivity index (χ0) is 20.4. The first kappa shape index (κ1) is 19.1. The fourth-order valence-electron chi connectivity index (χ4n) is 3.68. The zero-order valence-corrected chi connectivity index (χ0v) is 16.3. The summed E-state index contributed by atoms with van der Waals surface area (Å²) in [6.45, 7) is 6.43. The Morgan fingerprint density at radius 3 is 2.45 bits per heavy atom. The Balaban J connectivity index is 1.61. The predicted molar refractivity (Wildman–Crippen MR) is 110 cm³/mol. The number of piperazine rings is 1. The molecule has 29 heavy (non-hydrogen) atoms. The molecule has 0 radical (unpaired) electrons. The van der Waals surface area contributed by atoms with Gasteiger partial charge in [-0.25, -0.2) is 9.78 Å². The van der Waals surface area contributed by atoms with Crippen molar-refractivity contribution in [3.63, 3.8) is 0 Å². The average molecular weight is 393 g/mol. The molecule has 8 nitrogen and oxygen atoms in total. The molecule has 1 aromatic carbocycles. The average Bonchev–Trinajstić information content (AvgIpc) is 2.74. The van der Waals surface area contributed by atoms with Crippen LogP contribution in [-0.2, 0) is 13.1 Å². The smallest absolute Gasteiger partial charge is 0.355 e. The molecule has 1 saturated heterocycles. The van der Waals surface area contributed by atoms with E-state index in [0.717, 1.165) is 19.6 Å². The molecule has 8 heteroatoms. The number of anilines is 1. The maximum atomic E-state index is 12.3. The lowest BCUT2D eigenvalue weighted by Gasteiger charge is -2.34. The predicted octanol–water partition coefficient (Wildman–Crippen LogP) is 1.83. The molecule has 0 amide bonds. The van der Waals surface area contributed by atoms with Crippen LogP contribution >= 0.6 is 0 Å². The summed E-state index contributed by atoms with van der Waals surface area (Å²) >= 11 is 0. The van der Waals surface area contributed by atoms with Gasteiger partial charge in [-0.2, -0.15) is 4.98 Å². The lowest BCUT2D eigenvalue weighted by molar-refractivity contribution is 0.0692. The Kier molecular flexibility index (Phi) is 5.26. The normalized spacial score (nSPS) is 15.0. The van der Waals surface area contributed by atoms with E-state index in [2.05, 4.69) is 27.0 Å². The molecule has 3 heterocycles. The minimum atomic E-state index is -1.22. The fraction of sp³-hybridized carbons (Fsp3) is 0.333. The molecule has 0 unspecified atom stereocenters. The van der Waals surface area contributed by atoms with Gasteiger partial charge in [0.05, 0.1) is 5.39 Å². The van der Waals surface area contributed by atoms with E-state index in [9.17, 15) is 14.7 Å². The molecule has 1 aliphatic rings. The van der Waals surface area contributed by atoms with E-state index in [1.807, 2.05) is 30.0 Å². The van der Waals surface area contributed by atoms with Crippen molar-refractivity contribution < 1.29 is 9.90 Å². The third-order valence-corrected chi connectivity index (χ3v) is 5.25. The number of hydrogen-bond donors (Lipinski definition) is 1. The first-order chi connectivity index (χ1) is 14.1. The molecular weight excluding hydrogens is 370 g/mol. The molecule has 0 spiro atoms. The number of carboxylic acid groups (broad SMARTS) is 1. The van der Waals surface area contributed by atoms with Gasteiger partial charge in [-0.3, -0.25) is 9.69 Å². The molecule has 1 aliphatic heterocycles. The van der Waals surface area contributed by atoms with Gasteiger partial charge in [0.1, 0.15) is 5.65 Å². The van der Waals surface area contributed by atoms with Gasteiger partial charge in [0.25, 0.3) is 0 Å². The molecule has 0 aliphatic carbocycles. The Bertz CT molecular complexity index is 1090. The molecule has 2 aromatic heterocycles. The minimum Gasteiger partial charge on any atom is -0.476 e. The summed E-state index contributed by atoms with van der Waals surface area (Å²) < 4.78 is 1.78. The number of fused-ring (bicyclic) bond motifs is 1. The molecule has 0 bridgehead atoms. The topological polar surface area (TPSA) is 91.6 Å². The number of carbonyl (C=O) groups is 1. The van der Waals surface area contributed by atoms with Crippen LogP contribution in [0.2, 0.25) is 0 Å². The van der Waals surface area contributed by atoms with Gasteiger partial charge >= 0.3 is 5.97 Å². The van der Waals surface area contributed by atoms with E-state index in [-0.39, 0.29) is 16.5 Å². The van der Waals surface area contributed by atoms with Gasteiger partial charge in [0.15, 0.2) is 11.1 Å². The van der Waals surface area contributed by atoms with Crippen LogP contribution in [0.4, 0.5) is 5.95 Å². The largest absolute Gasteiger partial charge is 0.476 e. The number of nitrogens with zero attached hydrogens (tertiary/aromatic N) is 5. The van der Waals surface area contributed by atoms with Crippen LogP contribution in [0.5, 0.6) is 0 Å². The molecular formula is C21H23N5O3. The molecule has 150 valence electrons. The first-order valence-corrected chi connectivity index (χ1v) is 9.72. The monoisotopic (exact) mass is 393 g/mol. The number of aromatic nitrogens is 3. The lowest BCUT2D eigenvalue weighted by Crippen LogP contribution is -2.46. The Morgan fingerprint density at radius 2 is 1.79 bits per heavy atom. The van der Waals surface area contributed by atoms with Crippen molar-refractivity contribution in [1.82, 2.24) is 19.4 Å². The first-order valence-electron chi connectivity index (χ1n) is 9.72. The third kappa shape index (κ3) is 3.84. The van der Waals surface area contributed by atoms with Crippen LogP contribution < -0.4 is 10.3 Å². The molecule has 3 aromatic rings. The fourth-order valence-corrected chi connectivity index (χ4v) is 3.68. The van der Waals surface area contributed by atoms with Gasteiger partial charge in [0.2, 0.25) is 5.95 Å². The molecule has 1 fully saturated rings. The van der Waals surface area contributed by atoms with Crippen molar-refractivity contribution in [2.24, 2.45) is 0 Å². The summed E-state index contributed by atoms with van der Waals surface area (Å²) in [6, 6.07) is 11.7. The van der Waals surface area contributed by atoms with Gasteiger partial charge in [-0.15, -0.1) is 0 Å². The summed E-state index contributed by atoms with van der Waals surface area (Å²) in [6.07, 6.45) is 1.64. The van der Waals surface area contributed by atoms with Crippen LogP contribution in [-0.4, -0.2) is 56.7 Å². The molecule has 0 saturated carbocycles. The minimum absolute atomic E-state index is 0.0633. The summed E-state index contributed by atoms with van der Waals surface area (Å²) in [5.41, 5.74) is 1.03. The van der Waals surface area contributed by atoms with Crippen LogP contribution in [0.3, 0.4) is 0 Å². The summed E-state index contributed by atoms with van der Waals surface area (Å²) in [5, 5.41) is 9.70. The third-order valence-electron chi connectivity index (χ3n) is 5.25. The number of carboxylic acids is 1.